The Bertz CT molecular complexity index is 570. The predicted molar refractivity (Wildman–Crippen MR) is 75.3 cm³/mol. The molecule has 0 bridgehead atoms. The summed E-state index contributed by atoms with van der Waals surface area (Å²) in [5.74, 6) is 1.62. The maximum Gasteiger partial charge on any atom is 0.182 e. The van der Waals surface area contributed by atoms with Crippen molar-refractivity contribution in [2.45, 2.75) is 13.5 Å². The highest BCUT2D eigenvalue weighted by Gasteiger charge is 2.13. The molecule has 0 aliphatic rings. The van der Waals surface area contributed by atoms with Gasteiger partial charge in [0.2, 0.25) is 0 Å². The quantitative estimate of drug-likeness (QED) is 0.798. The summed E-state index contributed by atoms with van der Waals surface area (Å²) < 4.78 is 12.1. The fourth-order valence-electron chi connectivity index (χ4n) is 2.02. The normalized spacial score (nSPS) is 12.3. The Morgan fingerprint density at radius 2 is 2.15 bits per heavy atom. The number of hydrogen-bond donors (Lipinski definition) is 1. The van der Waals surface area contributed by atoms with Crippen molar-refractivity contribution in [1.29, 1.82) is 0 Å². The van der Waals surface area contributed by atoms with Crippen LogP contribution in [-0.4, -0.2) is 41.0 Å². The second kappa shape index (κ2) is 6.33. The summed E-state index contributed by atoms with van der Waals surface area (Å²) in [7, 11) is 3.26. The topological polar surface area (TPSA) is 88.1 Å². The molecule has 1 atom stereocenters. The number of ether oxygens (including phenoxy) is 2. The van der Waals surface area contributed by atoms with Gasteiger partial charge in [0.15, 0.2) is 5.82 Å². The molecule has 0 saturated carbocycles. The molecule has 7 heteroatoms. The number of tetrazole rings is 1. The van der Waals surface area contributed by atoms with Crippen molar-refractivity contribution in [3.05, 3.63) is 18.2 Å². The molecule has 2 aromatic rings. The van der Waals surface area contributed by atoms with Gasteiger partial charge in [0.25, 0.3) is 0 Å². The Morgan fingerprint density at radius 3 is 2.85 bits per heavy atom. The third-order valence-electron chi connectivity index (χ3n) is 2.96. The number of benzene rings is 1. The van der Waals surface area contributed by atoms with Crippen LogP contribution in [0.2, 0.25) is 0 Å². The molecule has 1 heterocycles. The molecule has 0 aliphatic heterocycles. The lowest BCUT2D eigenvalue weighted by Crippen LogP contribution is -2.14. The summed E-state index contributed by atoms with van der Waals surface area (Å²) in [5, 5.41) is 11.8. The number of aromatic nitrogens is 4. The van der Waals surface area contributed by atoms with Crippen molar-refractivity contribution in [3.63, 3.8) is 0 Å². The van der Waals surface area contributed by atoms with E-state index < -0.39 is 0 Å². The highest BCUT2D eigenvalue weighted by Crippen LogP contribution is 2.27. The summed E-state index contributed by atoms with van der Waals surface area (Å²) >= 11 is 0. The molecule has 0 aliphatic carbocycles. The van der Waals surface area contributed by atoms with Gasteiger partial charge in [-0.3, -0.25) is 0 Å². The minimum Gasteiger partial charge on any atom is -0.495 e. The van der Waals surface area contributed by atoms with Crippen molar-refractivity contribution in [3.8, 4) is 17.1 Å². The van der Waals surface area contributed by atoms with E-state index in [1.54, 1.807) is 25.0 Å². The van der Waals surface area contributed by atoms with Gasteiger partial charge in [-0.25, -0.2) is 4.68 Å². The molecule has 7 nitrogen and oxygen atoms in total. The molecule has 108 valence electrons. The molecule has 2 rings (SSSR count). The van der Waals surface area contributed by atoms with E-state index in [0.717, 1.165) is 5.56 Å². The maximum absolute atomic E-state index is 5.81. The van der Waals surface area contributed by atoms with Gasteiger partial charge < -0.3 is 15.2 Å². The van der Waals surface area contributed by atoms with Crippen molar-refractivity contribution in [2.24, 2.45) is 5.92 Å². The molecule has 20 heavy (non-hydrogen) atoms. The van der Waals surface area contributed by atoms with Crippen molar-refractivity contribution in [2.75, 3.05) is 26.6 Å². The Balaban J connectivity index is 2.27. The Kier molecular flexibility index (Phi) is 4.52. The number of nitrogen functional groups attached to an aromatic ring is 1. The third kappa shape index (κ3) is 3.05. The first-order chi connectivity index (χ1) is 9.65. The van der Waals surface area contributed by atoms with Gasteiger partial charge in [0.05, 0.1) is 19.4 Å². The third-order valence-corrected chi connectivity index (χ3v) is 2.96. The Hall–Kier alpha value is -2.15. The van der Waals surface area contributed by atoms with E-state index in [1.807, 2.05) is 12.1 Å². The van der Waals surface area contributed by atoms with Gasteiger partial charge in [-0.15, -0.1) is 5.10 Å². The minimum absolute atomic E-state index is 0.318. The smallest absolute Gasteiger partial charge is 0.182 e. The van der Waals surface area contributed by atoms with Crippen molar-refractivity contribution in [1.82, 2.24) is 20.2 Å². The minimum atomic E-state index is 0.318. The molecule has 1 unspecified atom stereocenters. The zero-order chi connectivity index (χ0) is 14.5. The van der Waals surface area contributed by atoms with E-state index in [9.17, 15) is 0 Å². The summed E-state index contributed by atoms with van der Waals surface area (Å²) in [6, 6.07) is 5.49. The number of nitrogens with zero attached hydrogens (tertiary/aromatic N) is 4. The van der Waals surface area contributed by atoms with Gasteiger partial charge in [-0.1, -0.05) is 6.92 Å². The molecule has 0 saturated heterocycles. The van der Waals surface area contributed by atoms with E-state index in [4.69, 9.17) is 15.2 Å². The lowest BCUT2D eigenvalue weighted by Gasteiger charge is -2.12. The summed E-state index contributed by atoms with van der Waals surface area (Å²) in [5.41, 5.74) is 7.26. The largest absolute Gasteiger partial charge is 0.495 e. The van der Waals surface area contributed by atoms with Crippen LogP contribution in [-0.2, 0) is 11.3 Å². The average Bonchev–Trinajstić information content (AvgIpc) is 2.87. The monoisotopic (exact) mass is 277 g/mol. The van der Waals surface area contributed by atoms with E-state index in [1.165, 1.54) is 0 Å². The van der Waals surface area contributed by atoms with Gasteiger partial charge in [-0.2, -0.15) is 0 Å². The van der Waals surface area contributed by atoms with Crippen LogP contribution in [0.3, 0.4) is 0 Å². The highest BCUT2D eigenvalue weighted by molar-refractivity contribution is 5.65. The molecule has 1 aromatic heterocycles. The SMILES string of the molecule is COCC(C)Cn1nnnc1-c1ccc(N)c(OC)c1. The second-order valence-corrected chi connectivity index (χ2v) is 4.70. The lowest BCUT2D eigenvalue weighted by atomic mass is 10.1. The number of anilines is 1. The van der Waals surface area contributed by atoms with Gasteiger partial charge in [0, 0.05) is 19.2 Å². The van der Waals surface area contributed by atoms with Crippen LogP contribution in [0.15, 0.2) is 18.2 Å². The number of rotatable bonds is 6. The van der Waals surface area contributed by atoms with Gasteiger partial charge in [-0.05, 0) is 34.5 Å². The van der Waals surface area contributed by atoms with Crippen LogP contribution < -0.4 is 10.5 Å². The van der Waals surface area contributed by atoms with E-state index in [2.05, 4.69) is 22.4 Å². The van der Waals surface area contributed by atoms with Crippen LogP contribution in [0.1, 0.15) is 6.92 Å². The first-order valence-electron chi connectivity index (χ1n) is 6.34. The fourth-order valence-corrected chi connectivity index (χ4v) is 2.02. The summed E-state index contributed by atoms with van der Waals surface area (Å²) in [4.78, 5) is 0. The number of methoxy groups -OCH3 is 2. The number of hydrogen-bond acceptors (Lipinski definition) is 6. The molecule has 0 spiro atoms. The maximum atomic E-state index is 5.81. The van der Waals surface area contributed by atoms with E-state index in [-0.39, 0.29) is 0 Å². The fraction of sp³-hybridized carbons (Fsp3) is 0.462. The van der Waals surface area contributed by atoms with Crippen LogP contribution in [0.5, 0.6) is 5.75 Å². The van der Waals surface area contributed by atoms with E-state index in [0.29, 0.717) is 36.3 Å². The van der Waals surface area contributed by atoms with Crippen LogP contribution in [0.25, 0.3) is 11.4 Å². The Morgan fingerprint density at radius 1 is 1.35 bits per heavy atom. The zero-order valence-corrected chi connectivity index (χ0v) is 11.9. The van der Waals surface area contributed by atoms with Crippen LogP contribution in [0, 0.1) is 5.92 Å². The molecular weight excluding hydrogens is 258 g/mol. The van der Waals surface area contributed by atoms with Gasteiger partial charge in [0.1, 0.15) is 5.75 Å². The molecule has 0 amide bonds. The van der Waals surface area contributed by atoms with E-state index >= 15 is 0 Å². The molecule has 2 N–H and O–H groups in total. The molecule has 0 radical (unpaired) electrons. The standard InChI is InChI=1S/C13H19N5O2/c1-9(8-19-2)7-18-13(15-16-17-18)10-4-5-11(14)12(6-10)20-3/h4-6,9H,7-8,14H2,1-3H3. The first-order valence-corrected chi connectivity index (χ1v) is 6.34. The summed E-state index contributed by atoms with van der Waals surface area (Å²) in [6.07, 6.45) is 0. The molecule has 1 aromatic carbocycles. The zero-order valence-electron chi connectivity index (χ0n) is 11.9. The number of nitrogens with two attached hydrogens (primary N) is 1. The first kappa shape index (κ1) is 14.3. The summed E-state index contributed by atoms with van der Waals surface area (Å²) in [6.45, 7) is 3.42. The van der Waals surface area contributed by atoms with Crippen molar-refractivity contribution < 1.29 is 9.47 Å². The highest BCUT2D eigenvalue weighted by atomic mass is 16.5. The predicted octanol–water partition coefficient (Wildman–Crippen LogP) is 1.21. The van der Waals surface area contributed by atoms with Gasteiger partial charge >= 0.3 is 0 Å². The lowest BCUT2D eigenvalue weighted by molar-refractivity contribution is 0.149. The van der Waals surface area contributed by atoms with Crippen molar-refractivity contribution >= 4 is 5.69 Å². The molecule has 0 fully saturated rings. The Labute approximate surface area is 117 Å². The average molecular weight is 277 g/mol. The second-order valence-electron chi connectivity index (χ2n) is 4.70. The molecular formula is C13H19N5O2. The van der Waals surface area contributed by atoms with Crippen LogP contribution in [0.4, 0.5) is 5.69 Å². The van der Waals surface area contributed by atoms with Crippen LogP contribution >= 0.6 is 0 Å².